The van der Waals surface area contributed by atoms with Crippen molar-refractivity contribution in [3.05, 3.63) is 98.0 Å². The summed E-state index contributed by atoms with van der Waals surface area (Å²) in [5.74, 6) is 5.29. The van der Waals surface area contributed by atoms with Gasteiger partial charge in [0.25, 0.3) is 11.2 Å². The lowest BCUT2D eigenvalue weighted by Gasteiger charge is -2.14. The Morgan fingerprint density at radius 2 is 1.78 bits per heavy atom. The number of hydrogen-bond acceptors (Lipinski definition) is 5. The fourth-order valence-electron chi connectivity index (χ4n) is 3.70. The van der Waals surface area contributed by atoms with Gasteiger partial charge in [-0.1, -0.05) is 60.4 Å². The molecule has 1 aliphatic rings. The molecule has 8 heteroatoms. The number of H-pyrrole nitrogens is 1. The summed E-state index contributed by atoms with van der Waals surface area (Å²) in [5.41, 5.74) is 3.83. The van der Waals surface area contributed by atoms with Gasteiger partial charge in [0.15, 0.2) is 0 Å². The smallest absolute Gasteiger partial charge is 0.407 e. The average molecular weight is 429 g/mol. The molecule has 2 N–H and O–H groups in total. The predicted octanol–water partition coefficient (Wildman–Crippen LogP) is 3.56. The lowest BCUT2D eigenvalue weighted by atomic mass is 9.98. The zero-order valence-corrected chi connectivity index (χ0v) is 17.0. The maximum atomic E-state index is 12.1. The maximum absolute atomic E-state index is 12.1. The van der Waals surface area contributed by atoms with Crippen LogP contribution in [0.1, 0.15) is 29.0 Å². The Bertz CT molecular complexity index is 1260. The summed E-state index contributed by atoms with van der Waals surface area (Å²) >= 11 is 0. The number of nitrogens with one attached hydrogen (secondary N) is 2. The molecule has 3 aromatic rings. The van der Waals surface area contributed by atoms with Crippen LogP contribution in [0.3, 0.4) is 0 Å². The third-order valence-electron chi connectivity index (χ3n) is 5.18. The summed E-state index contributed by atoms with van der Waals surface area (Å²) in [7, 11) is 0. The normalized spacial score (nSPS) is 11.6. The van der Waals surface area contributed by atoms with E-state index in [1.54, 1.807) is 0 Å². The van der Waals surface area contributed by atoms with E-state index in [0.717, 1.165) is 34.5 Å². The number of nitrogens with zero attached hydrogens (tertiary/aromatic N) is 1. The van der Waals surface area contributed by atoms with Gasteiger partial charge in [-0.3, -0.25) is 14.9 Å². The largest absolute Gasteiger partial charge is 0.449 e. The van der Waals surface area contributed by atoms with Crippen molar-refractivity contribution in [3.8, 4) is 23.0 Å². The van der Waals surface area contributed by atoms with E-state index in [-0.39, 0.29) is 36.7 Å². The Morgan fingerprint density at radius 3 is 2.44 bits per heavy atom. The second kappa shape index (κ2) is 9.18. The first-order valence-electron chi connectivity index (χ1n) is 9.99. The Kier molecular flexibility index (Phi) is 5.99. The summed E-state index contributed by atoms with van der Waals surface area (Å²) in [6.45, 7) is 0.436. The van der Waals surface area contributed by atoms with Crippen molar-refractivity contribution in [1.29, 1.82) is 0 Å². The second-order valence-electron chi connectivity index (χ2n) is 7.16. The van der Waals surface area contributed by atoms with Gasteiger partial charge >= 0.3 is 6.09 Å². The second-order valence-corrected chi connectivity index (χ2v) is 7.16. The molecule has 0 fully saturated rings. The number of nitro groups is 1. The number of amides is 1. The summed E-state index contributed by atoms with van der Waals surface area (Å²) in [5, 5.41) is 13.4. The fourth-order valence-corrected chi connectivity index (χ4v) is 3.70. The van der Waals surface area contributed by atoms with E-state index in [1.165, 1.54) is 0 Å². The number of ether oxygens (including phenoxy) is 1. The highest BCUT2D eigenvalue weighted by atomic mass is 16.6. The number of aromatic amines is 1. The summed E-state index contributed by atoms with van der Waals surface area (Å²) in [4.78, 5) is 36.2. The van der Waals surface area contributed by atoms with Crippen LogP contribution in [-0.2, 0) is 4.74 Å². The van der Waals surface area contributed by atoms with Gasteiger partial charge in [-0.05, 0) is 22.3 Å². The van der Waals surface area contributed by atoms with Crippen molar-refractivity contribution in [3.63, 3.8) is 0 Å². The first-order valence-corrected chi connectivity index (χ1v) is 9.99. The molecule has 160 valence electrons. The van der Waals surface area contributed by atoms with Gasteiger partial charge < -0.3 is 15.0 Å². The quantitative estimate of drug-likeness (QED) is 0.279. The summed E-state index contributed by atoms with van der Waals surface area (Å²) < 4.78 is 5.44. The number of fused-ring (bicyclic) bond motifs is 3. The minimum atomic E-state index is -0.611. The van der Waals surface area contributed by atoms with Crippen LogP contribution in [0.4, 0.5) is 10.5 Å². The number of hydrogen-bond donors (Lipinski definition) is 2. The van der Waals surface area contributed by atoms with Crippen molar-refractivity contribution < 1.29 is 14.5 Å². The number of aromatic nitrogens is 1. The number of pyridine rings is 1. The van der Waals surface area contributed by atoms with Gasteiger partial charge in [0.05, 0.1) is 16.7 Å². The first-order chi connectivity index (χ1) is 15.5. The number of carbonyl (C=O) groups is 1. The zero-order chi connectivity index (χ0) is 22.5. The molecule has 0 aliphatic heterocycles. The highest BCUT2D eigenvalue weighted by Crippen LogP contribution is 2.44. The van der Waals surface area contributed by atoms with Crippen LogP contribution in [0, 0.1) is 22.0 Å². The average Bonchev–Trinajstić information content (AvgIpc) is 3.12. The van der Waals surface area contributed by atoms with E-state index < -0.39 is 16.6 Å². The molecule has 0 saturated heterocycles. The van der Waals surface area contributed by atoms with Crippen LogP contribution >= 0.6 is 0 Å². The van der Waals surface area contributed by atoms with E-state index in [0.29, 0.717) is 0 Å². The Morgan fingerprint density at radius 1 is 1.12 bits per heavy atom. The van der Waals surface area contributed by atoms with E-state index >= 15 is 0 Å². The van der Waals surface area contributed by atoms with Gasteiger partial charge in [-0.15, -0.1) is 0 Å². The molecule has 0 saturated carbocycles. The standard InChI is InChI=1S/C24H19N3O5/c28-23-16(13-17(14-26-23)27(30)31)7-5-6-12-25-24(29)32-15-22-20-10-3-1-8-18(20)19-9-2-4-11-21(19)22/h1-4,8-11,13-14,22H,6,12,15H2,(H,25,29)(H,26,28). The van der Waals surface area contributed by atoms with Gasteiger partial charge in [0.2, 0.25) is 0 Å². The van der Waals surface area contributed by atoms with E-state index in [4.69, 9.17) is 4.74 Å². The van der Waals surface area contributed by atoms with Crippen molar-refractivity contribution in [2.75, 3.05) is 13.2 Å². The van der Waals surface area contributed by atoms with E-state index in [1.807, 2.05) is 36.4 Å². The molecular weight excluding hydrogens is 410 g/mol. The van der Waals surface area contributed by atoms with E-state index in [9.17, 15) is 19.7 Å². The third kappa shape index (κ3) is 4.37. The molecule has 1 amide bonds. The topological polar surface area (TPSA) is 114 Å². The molecule has 0 atom stereocenters. The molecule has 32 heavy (non-hydrogen) atoms. The fraction of sp³-hybridized carbons (Fsp3) is 0.167. The Hall–Kier alpha value is -4.38. The van der Waals surface area contributed by atoms with Crippen LogP contribution in [-0.4, -0.2) is 29.2 Å². The van der Waals surface area contributed by atoms with E-state index in [2.05, 4.69) is 34.3 Å². The van der Waals surface area contributed by atoms with Crippen molar-refractivity contribution in [2.24, 2.45) is 0 Å². The highest BCUT2D eigenvalue weighted by Gasteiger charge is 2.28. The number of benzene rings is 2. The molecule has 0 radical (unpaired) electrons. The highest BCUT2D eigenvalue weighted by molar-refractivity contribution is 5.79. The molecule has 2 aromatic carbocycles. The molecule has 0 bridgehead atoms. The van der Waals surface area contributed by atoms with Crippen LogP contribution in [0.2, 0.25) is 0 Å². The van der Waals surface area contributed by atoms with Gasteiger partial charge in [-0.25, -0.2) is 4.79 Å². The molecule has 1 aliphatic carbocycles. The predicted molar refractivity (Wildman–Crippen MR) is 118 cm³/mol. The molecule has 1 heterocycles. The molecular formula is C24H19N3O5. The van der Waals surface area contributed by atoms with Crippen LogP contribution in [0.25, 0.3) is 11.1 Å². The lowest BCUT2D eigenvalue weighted by Crippen LogP contribution is -2.26. The summed E-state index contributed by atoms with van der Waals surface area (Å²) in [6.07, 6.45) is 0.722. The Labute approximate surface area is 183 Å². The minimum Gasteiger partial charge on any atom is -0.449 e. The Balaban J connectivity index is 1.30. The zero-order valence-electron chi connectivity index (χ0n) is 17.0. The van der Waals surface area contributed by atoms with Crippen LogP contribution in [0.15, 0.2) is 65.6 Å². The van der Waals surface area contributed by atoms with Crippen molar-refractivity contribution in [1.82, 2.24) is 10.3 Å². The molecule has 8 nitrogen and oxygen atoms in total. The lowest BCUT2D eigenvalue weighted by molar-refractivity contribution is -0.385. The first kappa shape index (κ1) is 20.9. The SMILES string of the molecule is O=C(NCCC#Cc1cc([N+](=O)[O-])c[nH]c1=O)OCC1c2ccccc2-c2ccccc21. The number of carbonyl (C=O) groups excluding carboxylic acids is 1. The minimum absolute atomic E-state index is 0.000315. The molecule has 0 spiro atoms. The molecule has 4 rings (SSSR count). The third-order valence-corrected chi connectivity index (χ3v) is 5.18. The van der Waals surface area contributed by atoms with Crippen LogP contribution in [0.5, 0.6) is 0 Å². The van der Waals surface area contributed by atoms with Gasteiger partial charge in [0.1, 0.15) is 6.61 Å². The van der Waals surface area contributed by atoms with Crippen LogP contribution < -0.4 is 10.9 Å². The molecule has 1 aromatic heterocycles. The summed E-state index contributed by atoms with van der Waals surface area (Å²) in [6, 6.07) is 17.3. The van der Waals surface area contributed by atoms with Crippen molar-refractivity contribution in [2.45, 2.75) is 12.3 Å². The monoisotopic (exact) mass is 429 g/mol. The van der Waals surface area contributed by atoms with Gasteiger partial charge in [0, 0.05) is 24.9 Å². The number of alkyl carbamates (subject to hydrolysis) is 1. The molecule has 0 unspecified atom stereocenters. The van der Waals surface area contributed by atoms with Gasteiger partial charge in [-0.2, -0.15) is 0 Å². The maximum Gasteiger partial charge on any atom is 0.407 e. The van der Waals surface area contributed by atoms with Crippen molar-refractivity contribution >= 4 is 11.8 Å². The number of rotatable bonds is 5.